The van der Waals surface area contributed by atoms with E-state index in [9.17, 15) is 8.42 Å². The highest BCUT2D eigenvalue weighted by atomic mass is 35.5. The van der Waals surface area contributed by atoms with Crippen molar-refractivity contribution in [3.63, 3.8) is 0 Å². The minimum Gasteiger partial charge on any atom is -0.464 e. The van der Waals surface area contributed by atoms with Crippen LogP contribution in [-0.2, 0) is 15.9 Å². The zero-order valence-electron chi connectivity index (χ0n) is 8.87. The second-order valence-electron chi connectivity index (χ2n) is 3.54. The fourth-order valence-electron chi connectivity index (χ4n) is 1.23. The molecule has 0 aliphatic heterocycles. The molecule has 6 heteroatoms. The van der Waals surface area contributed by atoms with E-state index in [1.54, 1.807) is 20.8 Å². The van der Waals surface area contributed by atoms with Gasteiger partial charge < -0.3 is 4.42 Å². The van der Waals surface area contributed by atoms with Gasteiger partial charge in [0.2, 0.25) is 10.0 Å². The quantitative estimate of drug-likeness (QED) is 0.833. The first-order valence-corrected chi connectivity index (χ1v) is 6.56. The minimum absolute atomic E-state index is 0.149. The molecule has 0 atom stereocenters. The summed E-state index contributed by atoms with van der Waals surface area (Å²) in [6, 6.07) is 1.30. The Morgan fingerprint density at radius 1 is 1.53 bits per heavy atom. The van der Waals surface area contributed by atoms with Gasteiger partial charge in [-0.1, -0.05) is 0 Å². The number of aryl methyl sites for hydroxylation is 1. The van der Waals surface area contributed by atoms with Crippen LogP contribution in [0, 0.1) is 6.92 Å². The molecule has 1 rings (SSSR count). The molecule has 86 valence electrons. The summed E-state index contributed by atoms with van der Waals surface area (Å²) < 4.78 is 31.2. The Kier molecular flexibility index (Phi) is 3.81. The maximum Gasteiger partial charge on any atom is 0.244 e. The van der Waals surface area contributed by atoms with Crippen molar-refractivity contribution in [1.29, 1.82) is 0 Å². The molecule has 4 nitrogen and oxygen atoms in total. The summed E-state index contributed by atoms with van der Waals surface area (Å²) in [6.07, 6.45) is 0. The van der Waals surface area contributed by atoms with Crippen LogP contribution >= 0.6 is 11.6 Å². The van der Waals surface area contributed by atoms with E-state index in [1.807, 2.05) is 0 Å². The smallest absolute Gasteiger partial charge is 0.244 e. The molecule has 0 aromatic carbocycles. The Morgan fingerprint density at radius 2 is 2.13 bits per heavy atom. The first-order valence-electron chi connectivity index (χ1n) is 4.54. The SMILES string of the molecule is Cc1oc(CCl)cc1S(=O)(=O)NC(C)C. The van der Waals surface area contributed by atoms with E-state index in [-0.39, 0.29) is 16.8 Å². The Morgan fingerprint density at radius 3 is 2.53 bits per heavy atom. The van der Waals surface area contributed by atoms with Gasteiger partial charge in [-0.25, -0.2) is 13.1 Å². The number of nitrogens with one attached hydrogen (secondary N) is 1. The average Bonchev–Trinajstić information content (AvgIpc) is 2.45. The standard InChI is InChI=1S/C9H14ClNO3S/c1-6(2)11-15(12,13)9-4-8(5-10)14-7(9)3/h4,6,11H,5H2,1-3H3. The van der Waals surface area contributed by atoms with Gasteiger partial charge in [0.1, 0.15) is 16.4 Å². The van der Waals surface area contributed by atoms with Crippen molar-refractivity contribution >= 4 is 21.6 Å². The molecule has 0 fully saturated rings. The first-order chi connectivity index (χ1) is 6.86. The summed E-state index contributed by atoms with van der Waals surface area (Å²) in [7, 11) is -3.48. The van der Waals surface area contributed by atoms with Crippen LogP contribution in [0.5, 0.6) is 0 Å². The summed E-state index contributed by atoms with van der Waals surface area (Å²) in [4.78, 5) is 0.159. The molecule has 0 saturated carbocycles. The third-order valence-corrected chi connectivity index (χ3v) is 3.76. The van der Waals surface area contributed by atoms with Gasteiger partial charge in [-0.15, -0.1) is 11.6 Å². The van der Waals surface area contributed by atoms with E-state index in [1.165, 1.54) is 6.07 Å². The third kappa shape index (κ3) is 2.96. The van der Waals surface area contributed by atoms with E-state index in [0.29, 0.717) is 11.5 Å². The number of alkyl halides is 1. The summed E-state index contributed by atoms with van der Waals surface area (Å²) >= 11 is 5.56. The van der Waals surface area contributed by atoms with Gasteiger partial charge in [-0.3, -0.25) is 0 Å². The van der Waals surface area contributed by atoms with Crippen molar-refractivity contribution in [1.82, 2.24) is 4.72 Å². The molecular formula is C9H14ClNO3S. The van der Waals surface area contributed by atoms with Crippen molar-refractivity contribution in [3.05, 3.63) is 17.6 Å². The highest BCUT2D eigenvalue weighted by molar-refractivity contribution is 7.89. The van der Waals surface area contributed by atoms with Gasteiger partial charge >= 0.3 is 0 Å². The molecule has 1 aromatic heterocycles. The normalized spacial score (nSPS) is 12.3. The molecule has 0 spiro atoms. The average molecular weight is 252 g/mol. The molecule has 0 amide bonds. The molecule has 0 aliphatic carbocycles. The molecule has 0 saturated heterocycles. The third-order valence-electron chi connectivity index (χ3n) is 1.74. The van der Waals surface area contributed by atoms with E-state index in [0.717, 1.165) is 0 Å². The second kappa shape index (κ2) is 4.55. The zero-order chi connectivity index (χ0) is 11.6. The maximum atomic E-state index is 11.8. The van der Waals surface area contributed by atoms with Crippen LogP contribution in [0.25, 0.3) is 0 Å². The lowest BCUT2D eigenvalue weighted by molar-refractivity contribution is 0.491. The van der Waals surface area contributed by atoms with Gasteiger partial charge in [0, 0.05) is 12.1 Å². The predicted octanol–water partition coefficient (Wildman–Crippen LogP) is 2.01. The Labute approximate surface area is 94.7 Å². The molecule has 1 N–H and O–H groups in total. The Balaban J connectivity index is 3.09. The molecule has 15 heavy (non-hydrogen) atoms. The summed E-state index contributed by atoms with van der Waals surface area (Å²) in [5, 5.41) is 0. The van der Waals surface area contributed by atoms with Gasteiger partial charge in [0.15, 0.2) is 0 Å². The van der Waals surface area contributed by atoms with E-state index >= 15 is 0 Å². The Bertz CT molecular complexity index is 436. The number of sulfonamides is 1. The number of halogens is 1. The molecule has 0 aliphatic rings. The van der Waals surface area contributed by atoms with Crippen LogP contribution in [0.4, 0.5) is 0 Å². The Hall–Kier alpha value is -0.520. The fourth-order valence-corrected chi connectivity index (χ4v) is 2.82. The van der Waals surface area contributed by atoms with Gasteiger partial charge in [0.25, 0.3) is 0 Å². The monoisotopic (exact) mass is 251 g/mol. The van der Waals surface area contributed by atoms with Crippen molar-refractivity contribution in [2.24, 2.45) is 0 Å². The van der Waals surface area contributed by atoms with Gasteiger partial charge in [-0.05, 0) is 20.8 Å². The highest BCUT2D eigenvalue weighted by Gasteiger charge is 2.21. The second-order valence-corrected chi connectivity index (χ2v) is 5.49. The molecular weight excluding hydrogens is 238 g/mol. The van der Waals surface area contributed by atoms with Crippen molar-refractivity contribution in [2.45, 2.75) is 37.6 Å². The highest BCUT2D eigenvalue weighted by Crippen LogP contribution is 2.21. The largest absolute Gasteiger partial charge is 0.464 e. The van der Waals surface area contributed by atoms with E-state index < -0.39 is 10.0 Å². The lowest BCUT2D eigenvalue weighted by Gasteiger charge is -2.07. The molecule has 0 unspecified atom stereocenters. The number of hydrogen-bond acceptors (Lipinski definition) is 3. The van der Waals surface area contributed by atoms with Crippen LogP contribution in [0.3, 0.4) is 0 Å². The first kappa shape index (κ1) is 12.5. The lowest BCUT2D eigenvalue weighted by atomic mass is 10.4. The van der Waals surface area contributed by atoms with E-state index in [4.69, 9.17) is 16.0 Å². The minimum atomic E-state index is -3.48. The summed E-state index contributed by atoms with van der Waals surface area (Å²) in [6.45, 7) is 5.12. The van der Waals surface area contributed by atoms with Crippen LogP contribution < -0.4 is 4.72 Å². The van der Waals surface area contributed by atoms with Crippen LogP contribution in [0.1, 0.15) is 25.4 Å². The zero-order valence-corrected chi connectivity index (χ0v) is 10.4. The topological polar surface area (TPSA) is 59.3 Å². The van der Waals surface area contributed by atoms with E-state index in [2.05, 4.69) is 4.72 Å². The molecule has 0 bridgehead atoms. The number of hydrogen-bond donors (Lipinski definition) is 1. The van der Waals surface area contributed by atoms with Crippen molar-refractivity contribution in [2.75, 3.05) is 0 Å². The van der Waals surface area contributed by atoms with Crippen molar-refractivity contribution in [3.8, 4) is 0 Å². The summed E-state index contributed by atoms with van der Waals surface area (Å²) in [5.41, 5.74) is 0. The number of rotatable bonds is 4. The molecule has 1 aromatic rings. The van der Waals surface area contributed by atoms with Gasteiger partial charge in [-0.2, -0.15) is 0 Å². The van der Waals surface area contributed by atoms with Crippen LogP contribution in [0.2, 0.25) is 0 Å². The van der Waals surface area contributed by atoms with Crippen LogP contribution in [0.15, 0.2) is 15.4 Å². The maximum absolute atomic E-state index is 11.8. The predicted molar refractivity (Wildman–Crippen MR) is 58.5 cm³/mol. The molecule has 0 radical (unpaired) electrons. The van der Waals surface area contributed by atoms with Gasteiger partial charge in [0.05, 0.1) is 5.88 Å². The molecule has 1 heterocycles. The number of furan rings is 1. The fraction of sp³-hybridized carbons (Fsp3) is 0.556. The van der Waals surface area contributed by atoms with Crippen LogP contribution in [-0.4, -0.2) is 14.5 Å². The van der Waals surface area contributed by atoms with Crippen molar-refractivity contribution < 1.29 is 12.8 Å². The lowest BCUT2D eigenvalue weighted by Crippen LogP contribution is -2.30. The summed E-state index contributed by atoms with van der Waals surface area (Å²) in [5.74, 6) is 0.981.